The van der Waals surface area contributed by atoms with Crippen LogP contribution in [-0.4, -0.2) is 175 Å². The van der Waals surface area contributed by atoms with E-state index in [2.05, 4.69) is 19.9 Å². The molecule has 3 aliphatic heterocycles. The van der Waals surface area contributed by atoms with E-state index < -0.39 is 118 Å². The van der Waals surface area contributed by atoms with Gasteiger partial charge in [0.25, 0.3) is 0 Å². The highest BCUT2D eigenvalue weighted by Gasteiger charge is 2.60. The number of aliphatic hydroxyl groups excluding tert-OH is 10. The molecule has 56 heavy (non-hydrogen) atoms. The lowest BCUT2D eigenvalue weighted by atomic mass is 9.47. The van der Waals surface area contributed by atoms with Crippen LogP contribution < -0.4 is 0 Å². The number of aliphatic hydroxyl groups is 10. The summed E-state index contributed by atoms with van der Waals surface area (Å²) in [7, 11) is 0. The zero-order chi connectivity index (χ0) is 40.4. The summed E-state index contributed by atoms with van der Waals surface area (Å²) in [6, 6.07) is 0. The minimum Gasteiger partial charge on any atom is -0.394 e. The van der Waals surface area contributed by atoms with Crippen LogP contribution in [0.15, 0.2) is 11.6 Å². The molecule has 0 bridgehead atoms. The Morgan fingerprint density at radius 1 is 0.696 bits per heavy atom. The maximum Gasteiger partial charge on any atom is 0.187 e. The number of ketones is 1. The second-order valence-corrected chi connectivity index (χ2v) is 17.9. The average molecular weight is 803 g/mol. The molecule has 0 aromatic rings. The van der Waals surface area contributed by atoms with Gasteiger partial charge in [-0.15, -0.1) is 0 Å². The second kappa shape index (κ2) is 16.7. The lowest BCUT2D eigenvalue weighted by molar-refractivity contribution is -0.376. The van der Waals surface area contributed by atoms with Crippen molar-refractivity contribution in [1.82, 2.24) is 0 Å². The Labute approximate surface area is 326 Å². The van der Waals surface area contributed by atoms with Crippen LogP contribution in [0.4, 0.5) is 0 Å². The number of carbonyl (C=O) groups is 1. The largest absolute Gasteiger partial charge is 0.394 e. The van der Waals surface area contributed by atoms with E-state index in [9.17, 15) is 55.9 Å². The number of Topliss-reactive ketones (excluding diaryl/α,β-unsaturated/α-hetero) is 1. The van der Waals surface area contributed by atoms with E-state index in [0.717, 1.165) is 38.5 Å². The lowest BCUT2D eigenvalue weighted by Gasteiger charge is -2.58. The molecule has 22 atom stereocenters. The van der Waals surface area contributed by atoms with E-state index in [1.54, 1.807) is 6.92 Å². The number of hydrogen-bond donors (Lipinski definition) is 10. The van der Waals surface area contributed by atoms with Gasteiger partial charge in [0.05, 0.1) is 25.9 Å². The van der Waals surface area contributed by atoms with Crippen LogP contribution in [-0.2, 0) is 33.2 Å². The highest BCUT2D eigenvalue weighted by molar-refractivity contribution is 5.79. The van der Waals surface area contributed by atoms with Gasteiger partial charge >= 0.3 is 0 Å². The summed E-state index contributed by atoms with van der Waals surface area (Å²) >= 11 is 0. The number of hydrogen-bond acceptors (Lipinski definition) is 17. The van der Waals surface area contributed by atoms with Crippen molar-refractivity contribution in [3.8, 4) is 0 Å². The van der Waals surface area contributed by atoms with E-state index in [0.29, 0.717) is 36.4 Å². The molecule has 0 radical (unpaired) electrons. The molecule has 320 valence electrons. The smallest absolute Gasteiger partial charge is 0.187 e. The normalized spacial score (nSPS) is 53.4. The molecule has 0 aromatic heterocycles. The third kappa shape index (κ3) is 7.45. The second-order valence-electron chi connectivity index (χ2n) is 17.9. The first-order valence-corrected chi connectivity index (χ1v) is 20.3. The summed E-state index contributed by atoms with van der Waals surface area (Å²) in [5, 5.41) is 104. The Hall–Kier alpha value is -1.23. The topological polar surface area (TPSA) is 275 Å². The Morgan fingerprint density at radius 3 is 1.95 bits per heavy atom. The first-order valence-electron chi connectivity index (χ1n) is 20.3. The van der Waals surface area contributed by atoms with Crippen molar-refractivity contribution in [3.05, 3.63) is 11.6 Å². The molecule has 0 aromatic carbocycles. The van der Waals surface area contributed by atoms with Crippen LogP contribution in [0, 0.1) is 34.5 Å². The number of rotatable bonds is 10. The third-order valence-corrected chi connectivity index (χ3v) is 14.9. The lowest BCUT2D eigenvalue weighted by Crippen LogP contribution is -2.65. The molecule has 3 saturated carbocycles. The highest BCUT2D eigenvalue weighted by atomic mass is 16.8. The monoisotopic (exact) mass is 802 g/mol. The van der Waals surface area contributed by atoms with Crippen molar-refractivity contribution in [2.45, 2.75) is 170 Å². The van der Waals surface area contributed by atoms with E-state index in [4.69, 9.17) is 28.4 Å². The summed E-state index contributed by atoms with van der Waals surface area (Å²) < 4.78 is 35.4. The summed E-state index contributed by atoms with van der Waals surface area (Å²) in [6.45, 7) is 4.47. The summed E-state index contributed by atoms with van der Waals surface area (Å²) in [5.41, 5.74) is 1.22. The van der Waals surface area contributed by atoms with Gasteiger partial charge in [-0.2, -0.15) is 0 Å². The van der Waals surface area contributed by atoms with Gasteiger partial charge in [-0.05, 0) is 86.9 Å². The van der Waals surface area contributed by atoms with Gasteiger partial charge in [-0.1, -0.05) is 25.5 Å². The zero-order valence-electron chi connectivity index (χ0n) is 32.2. The predicted molar refractivity (Wildman–Crippen MR) is 190 cm³/mol. The van der Waals surface area contributed by atoms with Crippen molar-refractivity contribution in [2.24, 2.45) is 34.5 Å². The molecule has 22 unspecified atom stereocenters. The molecule has 3 saturated heterocycles. The third-order valence-electron chi connectivity index (χ3n) is 14.9. The summed E-state index contributed by atoms with van der Waals surface area (Å²) in [5.74, 6) is 1.85. The number of carbonyl (C=O) groups excluding carboxylic acids is 1. The molecule has 17 nitrogen and oxygen atoms in total. The molecule has 10 N–H and O–H groups in total. The minimum atomic E-state index is -1.82. The van der Waals surface area contributed by atoms with Crippen molar-refractivity contribution in [1.29, 1.82) is 0 Å². The van der Waals surface area contributed by atoms with Crippen molar-refractivity contribution >= 4 is 5.78 Å². The fourth-order valence-corrected chi connectivity index (χ4v) is 11.6. The molecule has 17 heteroatoms. The van der Waals surface area contributed by atoms with Gasteiger partial charge in [0, 0.05) is 5.92 Å². The van der Waals surface area contributed by atoms with Crippen molar-refractivity contribution in [3.63, 3.8) is 0 Å². The maximum absolute atomic E-state index is 12.6. The quantitative estimate of drug-likeness (QED) is 0.107. The predicted octanol–water partition coefficient (Wildman–Crippen LogP) is -2.01. The van der Waals surface area contributed by atoms with Crippen LogP contribution >= 0.6 is 0 Å². The van der Waals surface area contributed by atoms with Crippen LogP contribution in [0.3, 0.4) is 0 Å². The maximum atomic E-state index is 12.6. The minimum absolute atomic E-state index is 0.0256. The van der Waals surface area contributed by atoms with Gasteiger partial charge in [-0.3, -0.25) is 4.79 Å². The first kappa shape index (κ1) is 42.9. The summed E-state index contributed by atoms with van der Waals surface area (Å²) in [6.07, 6.45) is -15.0. The van der Waals surface area contributed by atoms with Gasteiger partial charge in [-0.25, -0.2) is 0 Å². The highest BCUT2D eigenvalue weighted by Crippen LogP contribution is 2.66. The standard InChI is InChI=1S/C39H62O17/c1-16(42)20-6-7-21-19-5-4-17-12-18(8-10-38(17,2)22(19)9-11-39(20,21)3)52-37-34(56-36-33(50)30(47)27(44)24(14-41)54-36)31(48)28(45)25(55-37)15-51-35-32(49)29(46)26(43)23(13-40)53-35/h4,18-37,40-41,43-50H,5-15H2,1-3H3. The summed E-state index contributed by atoms with van der Waals surface area (Å²) in [4.78, 5) is 12.6. The fraction of sp³-hybridized carbons (Fsp3) is 0.923. The van der Waals surface area contributed by atoms with Crippen molar-refractivity contribution < 1.29 is 84.3 Å². The Balaban J connectivity index is 1.08. The van der Waals surface area contributed by atoms with E-state index >= 15 is 0 Å². The average Bonchev–Trinajstić information content (AvgIpc) is 3.54. The molecule has 7 aliphatic rings. The molecule has 0 amide bonds. The zero-order valence-corrected chi connectivity index (χ0v) is 32.2. The SMILES string of the molecule is CC(=O)C1CCC2C3CC=C4CC(OC5OC(COC6OC(CO)C(O)C(O)C6O)C(O)C(O)C5OC5OC(CO)C(O)C(O)C5O)CCC4(C)C3CCC12C. The Bertz CT molecular complexity index is 1410. The van der Waals surface area contributed by atoms with E-state index in [1.165, 1.54) is 5.57 Å². The van der Waals surface area contributed by atoms with Crippen LogP contribution in [0.1, 0.15) is 72.1 Å². The van der Waals surface area contributed by atoms with E-state index in [-0.39, 0.29) is 16.7 Å². The molecule has 7 rings (SSSR count). The molecular formula is C39H62O17. The van der Waals surface area contributed by atoms with Crippen LogP contribution in [0.2, 0.25) is 0 Å². The molecule has 0 spiro atoms. The van der Waals surface area contributed by atoms with E-state index in [1.807, 2.05) is 0 Å². The van der Waals surface area contributed by atoms with Crippen LogP contribution in [0.25, 0.3) is 0 Å². The van der Waals surface area contributed by atoms with Gasteiger partial charge in [0.15, 0.2) is 18.9 Å². The number of fused-ring (bicyclic) bond motifs is 5. The Morgan fingerprint density at radius 2 is 1.30 bits per heavy atom. The van der Waals surface area contributed by atoms with Gasteiger partial charge in [0.1, 0.15) is 79.0 Å². The Kier molecular flexibility index (Phi) is 12.8. The van der Waals surface area contributed by atoms with Gasteiger partial charge in [0.2, 0.25) is 0 Å². The molecular weight excluding hydrogens is 740 g/mol. The number of allylic oxidation sites excluding steroid dienone is 1. The molecule has 4 aliphatic carbocycles. The fourth-order valence-electron chi connectivity index (χ4n) is 11.6. The van der Waals surface area contributed by atoms with Crippen LogP contribution in [0.5, 0.6) is 0 Å². The molecule has 3 heterocycles. The molecule has 6 fully saturated rings. The number of ether oxygens (including phenoxy) is 6. The van der Waals surface area contributed by atoms with Gasteiger partial charge < -0.3 is 79.5 Å². The van der Waals surface area contributed by atoms with Crippen molar-refractivity contribution in [2.75, 3.05) is 19.8 Å². The first-order chi connectivity index (χ1) is 26.5.